The van der Waals surface area contributed by atoms with Gasteiger partial charge in [0, 0.05) is 5.56 Å². The normalized spacial score (nSPS) is 10.2. The number of aromatic nitrogens is 1. The van der Waals surface area contributed by atoms with E-state index in [2.05, 4.69) is 21.1 Å². The highest BCUT2D eigenvalue weighted by molar-refractivity contribution is 9.10. The first-order valence-corrected chi connectivity index (χ1v) is 4.48. The summed E-state index contributed by atoms with van der Waals surface area (Å²) < 4.78 is 5.42. The first-order chi connectivity index (χ1) is 6.29. The highest BCUT2D eigenvalue weighted by Crippen LogP contribution is 2.34. The van der Waals surface area contributed by atoms with Crippen LogP contribution in [0.15, 0.2) is 39.3 Å². The molecule has 0 radical (unpaired) electrons. The van der Waals surface area contributed by atoms with E-state index in [9.17, 15) is 0 Å². The van der Waals surface area contributed by atoms with E-state index in [0.717, 1.165) is 5.56 Å². The minimum atomic E-state index is -0.126. The summed E-state index contributed by atoms with van der Waals surface area (Å²) in [5, 5.41) is 12.6. The Labute approximate surface area is 83.1 Å². The predicted molar refractivity (Wildman–Crippen MR) is 51.3 cm³/mol. The van der Waals surface area contributed by atoms with E-state index >= 15 is 0 Å². The summed E-state index contributed by atoms with van der Waals surface area (Å²) >= 11 is 3.18. The molecule has 3 nitrogen and oxygen atoms in total. The molecule has 0 saturated heterocycles. The Morgan fingerprint density at radius 2 is 1.92 bits per heavy atom. The molecule has 0 atom stereocenters. The Morgan fingerprint density at radius 3 is 2.46 bits per heavy atom. The Bertz CT molecular complexity index is 411. The number of halogens is 1. The molecule has 0 saturated carbocycles. The molecule has 4 heteroatoms. The molecule has 1 aromatic carbocycles. The van der Waals surface area contributed by atoms with Gasteiger partial charge >= 0.3 is 0 Å². The minimum Gasteiger partial charge on any atom is -0.490 e. The molecular formula is C9H6BrNO2. The largest absolute Gasteiger partial charge is 0.490 e. The molecule has 0 aliphatic rings. The van der Waals surface area contributed by atoms with Crippen LogP contribution in [0, 0.1) is 0 Å². The Morgan fingerprint density at radius 1 is 1.23 bits per heavy atom. The smallest absolute Gasteiger partial charge is 0.266 e. The molecule has 1 aromatic heterocycles. The number of aromatic hydroxyl groups is 1. The van der Waals surface area contributed by atoms with Crippen molar-refractivity contribution in [2.75, 3.05) is 0 Å². The third-order valence-electron chi connectivity index (χ3n) is 1.66. The molecule has 2 aromatic rings. The van der Waals surface area contributed by atoms with Gasteiger partial charge in [0.15, 0.2) is 5.76 Å². The molecule has 0 spiro atoms. The van der Waals surface area contributed by atoms with Gasteiger partial charge in [-0.2, -0.15) is 0 Å². The van der Waals surface area contributed by atoms with Gasteiger partial charge in [-0.25, -0.2) is 0 Å². The van der Waals surface area contributed by atoms with Crippen LogP contribution in [0.25, 0.3) is 11.3 Å². The third-order valence-corrected chi connectivity index (χ3v) is 2.37. The average molecular weight is 240 g/mol. The molecule has 1 heterocycles. The van der Waals surface area contributed by atoms with Gasteiger partial charge < -0.3 is 9.63 Å². The summed E-state index contributed by atoms with van der Waals surface area (Å²) in [6, 6.07) is 9.45. The van der Waals surface area contributed by atoms with Crippen LogP contribution in [0.2, 0.25) is 0 Å². The van der Waals surface area contributed by atoms with Crippen molar-refractivity contribution in [3.05, 3.63) is 34.8 Å². The number of hydrogen-bond acceptors (Lipinski definition) is 3. The van der Waals surface area contributed by atoms with Crippen LogP contribution in [0.3, 0.4) is 0 Å². The quantitative estimate of drug-likeness (QED) is 0.833. The summed E-state index contributed by atoms with van der Waals surface area (Å²) in [7, 11) is 0. The average Bonchev–Trinajstić information content (AvgIpc) is 2.49. The van der Waals surface area contributed by atoms with Gasteiger partial charge in [0.1, 0.15) is 4.47 Å². The van der Waals surface area contributed by atoms with Crippen molar-refractivity contribution in [2.45, 2.75) is 0 Å². The lowest BCUT2D eigenvalue weighted by Crippen LogP contribution is -1.72. The molecule has 0 aliphatic carbocycles. The van der Waals surface area contributed by atoms with Crippen LogP contribution in [0.5, 0.6) is 5.88 Å². The third kappa shape index (κ3) is 1.45. The molecular weight excluding hydrogens is 234 g/mol. The SMILES string of the molecule is Oc1noc(-c2ccccc2)c1Br. The first-order valence-electron chi connectivity index (χ1n) is 3.68. The van der Waals surface area contributed by atoms with E-state index in [1.807, 2.05) is 30.3 Å². The van der Waals surface area contributed by atoms with Crippen molar-refractivity contribution in [1.82, 2.24) is 5.16 Å². The van der Waals surface area contributed by atoms with Gasteiger partial charge in [0.05, 0.1) is 0 Å². The summed E-state index contributed by atoms with van der Waals surface area (Å²) in [5.74, 6) is 0.414. The maximum atomic E-state index is 9.15. The van der Waals surface area contributed by atoms with Crippen molar-refractivity contribution in [1.29, 1.82) is 0 Å². The molecule has 0 unspecified atom stereocenters. The Hall–Kier alpha value is -1.29. The zero-order valence-corrected chi connectivity index (χ0v) is 8.15. The monoisotopic (exact) mass is 239 g/mol. The van der Waals surface area contributed by atoms with E-state index in [4.69, 9.17) is 9.63 Å². The van der Waals surface area contributed by atoms with Gasteiger partial charge in [-0.15, -0.1) is 0 Å². The molecule has 13 heavy (non-hydrogen) atoms. The number of nitrogens with zero attached hydrogens (tertiary/aromatic N) is 1. The lowest BCUT2D eigenvalue weighted by atomic mass is 10.2. The lowest BCUT2D eigenvalue weighted by molar-refractivity contribution is 0.365. The van der Waals surface area contributed by atoms with Gasteiger partial charge in [-0.3, -0.25) is 0 Å². The predicted octanol–water partition coefficient (Wildman–Crippen LogP) is 2.81. The summed E-state index contributed by atoms with van der Waals surface area (Å²) in [5.41, 5.74) is 0.877. The van der Waals surface area contributed by atoms with Crippen molar-refractivity contribution in [2.24, 2.45) is 0 Å². The Balaban J connectivity index is 2.53. The highest BCUT2D eigenvalue weighted by atomic mass is 79.9. The van der Waals surface area contributed by atoms with Crippen molar-refractivity contribution < 1.29 is 9.63 Å². The molecule has 0 aliphatic heterocycles. The maximum Gasteiger partial charge on any atom is 0.266 e. The Kier molecular flexibility index (Phi) is 2.06. The topological polar surface area (TPSA) is 46.3 Å². The van der Waals surface area contributed by atoms with Crippen LogP contribution in [0.4, 0.5) is 0 Å². The molecule has 66 valence electrons. The van der Waals surface area contributed by atoms with Crippen molar-refractivity contribution in [3.63, 3.8) is 0 Å². The van der Waals surface area contributed by atoms with E-state index in [1.54, 1.807) is 0 Å². The summed E-state index contributed by atoms with van der Waals surface area (Å²) in [4.78, 5) is 0. The fourth-order valence-corrected chi connectivity index (χ4v) is 1.41. The zero-order chi connectivity index (χ0) is 9.26. The number of hydrogen-bond donors (Lipinski definition) is 1. The highest BCUT2D eigenvalue weighted by Gasteiger charge is 2.13. The standard InChI is InChI=1S/C9H6BrNO2/c10-7-8(13-11-9(7)12)6-4-2-1-3-5-6/h1-5H,(H,11,12). The van der Waals surface area contributed by atoms with Crippen molar-refractivity contribution in [3.8, 4) is 17.2 Å². The summed E-state index contributed by atoms with van der Waals surface area (Å²) in [6.45, 7) is 0. The van der Waals surface area contributed by atoms with Gasteiger partial charge in [-0.05, 0) is 21.1 Å². The van der Waals surface area contributed by atoms with E-state index in [-0.39, 0.29) is 5.88 Å². The number of benzene rings is 1. The van der Waals surface area contributed by atoms with Crippen molar-refractivity contribution >= 4 is 15.9 Å². The maximum absolute atomic E-state index is 9.15. The molecule has 0 amide bonds. The van der Waals surface area contributed by atoms with Gasteiger partial charge in [0.2, 0.25) is 0 Å². The van der Waals surface area contributed by atoms with Gasteiger partial charge in [0.25, 0.3) is 5.88 Å². The second-order valence-electron chi connectivity index (χ2n) is 2.52. The van der Waals surface area contributed by atoms with Crippen LogP contribution < -0.4 is 0 Å². The second kappa shape index (κ2) is 3.22. The van der Waals surface area contributed by atoms with E-state index < -0.39 is 0 Å². The van der Waals surface area contributed by atoms with Crippen LogP contribution in [0.1, 0.15) is 0 Å². The van der Waals surface area contributed by atoms with E-state index in [0.29, 0.717) is 10.2 Å². The molecule has 0 bridgehead atoms. The van der Waals surface area contributed by atoms with Crippen LogP contribution >= 0.6 is 15.9 Å². The first kappa shape index (κ1) is 8.31. The zero-order valence-electron chi connectivity index (χ0n) is 6.57. The fraction of sp³-hybridized carbons (Fsp3) is 0. The minimum absolute atomic E-state index is 0.126. The fourth-order valence-electron chi connectivity index (χ4n) is 1.04. The summed E-state index contributed by atoms with van der Waals surface area (Å²) in [6.07, 6.45) is 0. The molecule has 0 fully saturated rings. The van der Waals surface area contributed by atoms with Crippen LogP contribution in [-0.2, 0) is 0 Å². The lowest BCUT2D eigenvalue weighted by Gasteiger charge is -1.93. The molecule has 2 rings (SSSR count). The van der Waals surface area contributed by atoms with Gasteiger partial charge in [-0.1, -0.05) is 30.3 Å². The number of rotatable bonds is 1. The molecule has 1 N–H and O–H groups in total. The van der Waals surface area contributed by atoms with Crippen LogP contribution in [-0.4, -0.2) is 10.3 Å². The van der Waals surface area contributed by atoms with E-state index in [1.165, 1.54) is 0 Å². The second-order valence-corrected chi connectivity index (χ2v) is 3.31.